The van der Waals surface area contributed by atoms with Crippen molar-refractivity contribution in [3.63, 3.8) is 0 Å². The molecule has 1 aromatic carbocycles. The molecule has 41 heavy (non-hydrogen) atoms. The summed E-state index contributed by atoms with van der Waals surface area (Å²) in [7, 11) is -3.55. The van der Waals surface area contributed by atoms with E-state index in [1.165, 1.54) is 21.7 Å². The highest BCUT2D eigenvalue weighted by molar-refractivity contribution is 7.88. The van der Waals surface area contributed by atoms with Gasteiger partial charge >= 0.3 is 0 Å². The number of carbonyl (C=O) groups excluding carboxylic acids is 3. The zero-order valence-corrected chi connectivity index (χ0v) is 25.7. The predicted octanol–water partition coefficient (Wildman–Crippen LogP) is 4.04. The number of ketones is 1. The van der Waals surface area contributed by atoms with Crippen molar-refractivity contribution < 1.29 is 22.8 Å². The second-order valence-electron chi connectivity index (χ2n) is 13.0. The van der Waals surface area contributed by atoms with E-state index >= 15 is 0 Å². The molecule has 4 aliphatic rings. The Morgan fingerprint density at radius 1 is 1.02 bits per heavy atom. The minimum Gasteiger partial charge on any atom is -0.344 e. The molecule has 2 saturated heterocycles. The number of aryl methyl sites for hydroxylation is 1. The summed E-state index contributed by atoms with van der Waals surface area (Å²) in [6.45, 7) is 4.37. The summed E-state index contributed by atoms with van der Waals surface area (Å²) in [5.74, 6) is -0.785. The van der Waals surface area contributed by atoms with Gasteiger partial charge in [-0.25, -0.2) is 8.42 Å². The van der Waals surface area contributed by atoms with Gasteiger partial charge in [0.2, 0.25) is 21.8 Å². The molecule has 1 aromatic rings. The van der Waals surface area contributed by atoms with Crippen LogP contribution in [0.5, 0.6) is 0 Å². The molecule has 2 aliphatic carbocycles. The summed E-state index contributed by atoms with van der Waals surface area (Å²) in [6.07, 6.45) is 10.7. The lowest BCUT2D eigenvalue weighted by molar-refractivity contribution is -0.141. The monoisotopic (exact) mass is 585 g/mol. The highest BCUT2D eigenvalue weighted by Gasteiger charge is 2.56. The van der Waals surface area contributed by atoms with E-state index in [9.17, 15) is 22.8 Å². The fourth-order valence-corrected chi connectivity index (χ4v) is 9.09. The second kappa shape index (κ2) is 12.5. The van der Waals surface area contributed by atoms with Gasteiger partial charge in [0.25, 0.3) is 0 Å². The van der Waals surface area contributed by atoms with Gasteiger partial charge in [0.05, 0.1) is 18.2 Å². The number of nitrogens with zero attached hydrogens (tertiary/aromatic N) is 2. The van der Waals surface area contributed by atoms with Crippen LogP contribution < -0.4 is 5.32 Å². The third-order valence-electron chi connectivity index (χ3n) is 10.4. The van der Waals surface area contributed by atoms with Crippen molar-refractivity contribution in [3.8, 4) is 0 Å². The molecule has 5 rings (SSSR count). The lowest BCUT2D eigenvalue weighted by Crippen LogP contribution is -2.56. The van der Waals surface area contributed by atoms with Crippen molar-refractivity contribution in [2.24, 2.45) is 17.8 Å². The number of hydrogen-bond donors (Lipinski definition) is 1. The van der Waals surface area contributed by atoms with Crippen LogP contribution in [0.3, 0.4) is 0 Å². The Labute approximate surface area is 245 Å². The minimum absolute atomic E-state index is 0.0467. The topological polar surface area (TPSA) is 104 Å². The third kappa shape index (κ3) is 6.26. The molecule has 0 radical (unpaired) electrons. The summed E-state index contributed by atoms with van der Waals surface area (Å²) in [6, 6.07) is 6.79. The Morgan fingerprint density at radius 2 is 1.76 bits per heavy atom. The highest BCUT2D eigenvalue weighted by Crippen LogP contribution is 2.42. The Kier molecular flexibility index (Phi) is 9.24. The summed E-state index contributed by atoms with van der Waals surface area (Å²) in [5.41, 5.74) is 2.52. The standard InChI is InChI=1S/C32H47N3O5S/c1-4-21(2)31(37)33-29(23-12-6-5-7-13-23)32(38)34-18-17-27-30(34)26(20-35(27)41(3,39)40)28(36)19-24-15-10-14-22-11-8-9-16-25(22)24/h8-9,11,16,21,23-24,26-27,29-30H,4-7,10,12-15,17-20H2,1-3H3,(H,33,37)/t21-,24-,26-,27-,29+,30-/m1/s1. The first-order valence-electron chi connectivity index (χ1n) is 15.8. The molecular weight excluding hydrogens is 538 g/mol. The highest BCUT2D eigenvalue weighted by atomic mass is 32.2. The molecule has 8 nitrogen and oxygen atoms in total. The van der Waals surface area contributed by atoms with E-state index in [1.807, 2.05) is 26.0 Å². The fraction of sp³-hybridized carbons (Fsp3) is 0.719. The van der Waals surface area contributed by atoms with Gasteiger partial charge in [-0.05, 0) is 67.9 Å². The molecule has 226 valence electrons. The molecule has 3 fully saturated rings. The SMILES string of the molecule is CC[C@@H](C)C(=O)N[C@H](C(=O)N1CC[C@@H]2[C@H]1[C@@H](C(=O)C[C@H]1CCCc3ccccc31)CN2S(C)(=O)=O)C1CCCCC1. The van der Waals surface area contributed by atoms with E-state index in [-0.39, 0.29) is 41.9 Å². The van der Waals surface area contributed by atoms with Crippen LogP contribution in [0, 0.1) is 17.8 Å². The van der Waals surface area contributed by atoms with Crippen LogP contribution in [-0.4, -0.2) is 72.7 Å². The first-order chi connectivity index (χ1) is 19.6. The number of sulfonamides is 1. The van der Waals surface area contributed by atoms with E-state index in [1.54, 1.807) is 4.90 Å². The average Bonchev–Trinajstić information content (AvgIpc) is 3.56. The van der Waals surface area contributed by atoms with Crippen molar-refractivity contribution in [3.05, 3.63) is 35.4 Å². The molecule has 6 atom stereocenters. The van der Waals surface area contributed by atoms with Gasteiger partial charge in [0.15, 0.2) is 0 Å². The first kappa shape index (κ1) is 30.2. The van der Waals surface area contributed by atoms with E-state index in [0.717, 1.165) is 51.4 Å². The number of benzene rings is 1. The summed E-state index contributed by atoms with van der Waals surface area (Å²) >= 11 is 0. The Bertz CT molecular complexity index is 1240. The minimum atomic E-state index is -3.55. The van der Waals surface area contributed by atoms with Crippen LogP contribution >= 0.6 is 0 Å². The second-order valence-corrected chi connectivity index (χ2v) is 14.9. The largest absolute Gasteiger partial charge is 0.344 e. The lowest BCUT2D eigenvalue weighted by Gasteiger charge is -2.36. The van der Waals surface area contributed by atoms with Crippen LogP contribution in [0.2, 0.25) is 0 Å². The number of rotatable bonds is 9. The first-order valence-corrected chi connectivity index (χ1v) is 17.6. The quantitative estimate of drug-likeness (QED) is 0.471. The van der Waals surface area contributed by atoms with Crippen LogP contribution in [0.1, 0.15) is 95.1 Å². The Morgan fingerprint density at radius 3 is 2.46 bits per heavy atom. The third-order valence-corrected chi connectivity index (χ3v) is 11.7. The van der Waals surface area contributed by atoms with Gasteiger partial charge in [-0.1, -0.05) is 57.4 Å². The molecule has 0 bridgehead atoms. The van der Waals surface area contributed by atoms with Crippen molar-refractivity contribution in [2.75, 3.05) is 19.3 Å². The Balaban J connectivity index is 1.41. The van der Waals surface area contributed by atoms with E-state index < -0.39 is 34.1 Å². The number of nitrogens with one attached hydrogen (secondary N) is 1. The molecule has 0 aromatic heterocycles. The van der Waals surface area contributed by atoms with Crippen molar-refractivity contribution in [1.29, 1.82) is 0 Å². The van der Waals surface area contributed by atoms with Crippen molar-refractivity contribution in [1.82, 2.24) is 14.5 Å². The van der Waals surface area contributed by atoms with Gasteiger partial charge in [-0.2, -0.15) is 4.31 Å². The smallest absolute Gasteiger partial charge is 0.245 e. The van der Waals surface area contributed by atoms with Gasteiger partial charge in [-0.3, -0.25) is 14.4 Å². The molecule has 2 amide bonds. The molecule has 2 heterocycles. The summed E-state index contributed by atoms with van der Waals surface area (Å²) in [4.78, 5) is 43.2. The zero-order valence-electron chi connectivity index (χ0n) is 24.9. The van der Waals surface area contributed by atoms with Gasteiger partial charge < -0.3 is 10.2 Å². The number of amides is 2. The average molecular weight is 586 g/mol. The predicted molar refractivity (Wildman–Crippen MR) is 159 cm³/mol. The summed E-state index contributed by atoms with van der Waals surface area (Å²) in [5, 5.41) is 3.11. The molecular formula is C32H47N3O5S. The van der Waals surface area contributed by atoms with Crippen molar-refractivity contribution >= 4 is 27.6 Å². The number of Topliss-reactive ketones (excluding diaryl/α,β-unsaturated/α-hetero) is 1. The van der Waals surface area contributed by atoms with Crippen LogP contribution in [0.25, 0.3) is 0 Å². The number of fused-ring (bicyclic) bond motifs is 2. The maximum Gasteiger partial charge on any atom is 0.245 e. The summed E-state index contributed by atoms with van der Waals surface area (Å²) < 4.78 is 27.2. The fourth-order valence-electron chi connectivity index (χ4n) is 7.94. The molecule has 0 unspecified atom stereocenters. The maximum atomic E-state index is 14.3. The molecule has 0 spiro atoms. The van der Waals surface area contributed by atoms with Gasteiger partial charge in [0.1, 0.15) is 11.8 Å². The lowest BCUT2D eigenvalue weighted by atomic mass is 9.78. The number of carbonyl (C=O) groups is 3. The van der Waals surface area contributed by atoms with E-state index in [4.69, 9.17) is 0 Å². The van der Waals surface area contributed by atoms with Crippen LogP contribution in [0.4, 0.5) is 0 Å². The molecule has 1 saturated carbocycles. The van der Waals surface area contributed by atoms with Crippen molar-refractivity contribution in [2.45, 2.75) is 109 Å². The zero-order chi connectivity index (χ0) is 29.3. The Hall–Kier alpha value is -2.26. The van der Waals surface area contributed by atoms with Crippen LogP contribution in [0.15, 0.2) is 24.3 Å². The number of hydrogen-bond acceptors (Lipinski definition) is 5. The van der Waals surface area contributed by atoms with Crippen LogP contribution in [-0.2, 0) is 30.8 Å². The maximum absolute atomic E-state index is 14.3. The normalized spacial score (nSPS) is 28.5. The molecule has 2 aliphatic heterocycles. The number of likely N-dealkylation sites (tertiary alicyclic amines) is 1. The van der Waals surface area contributed by atoms with E-state index in [0.29, 0.717) is 25.8 Å². The van der Waals surface area contributed by atoms with E-state index in [2.05, 4.69) is 17.4 Å². The molecule has 1 N–H and O–H groups in total. The van der Waals surface area contributed by atoms with Gasteiger partial charge in [0, 0.05) is 31.5 Å². The molecule has 9 heteroatoms. The van der Waals surface area contributed by atoms with Gasteiger partial charge in [-0.15, -0.1) is 0 Å².